The van der Waals surface area contributed by atoms with Gasteiger partial charge >= 0.3 is 0 Å². The van der Waals surface area contributed by atoms with E-state index >= 15 is 0 Å². The summed E-state index contributed by atoms with van der Waals surface area (Å²) < 4.78 is 29.7. The van der Waals surface area contributed by atoms with Crippen LogP contribution in [0.25, 0.3) is 0 Å². The zero-order valence-electron chi connectivity index (χ0n) is 11.5. The van der Waals surface area contributed by atoms with Crippen molar-refractivity contribution < 1.29 is 13.5 Å². The van der Waals surface area contributed by atoms with E-state index in [1.54, 1.807) is 0 Å². The van der Waals surface area contributed by atoms with Crippen LogP contribution in [0.5, 0.6) is 0 Å². The minimum atomic E-state index is -1.55. The smallest absolute Gasteiger partial charge is 0.269 e. The minimum absolute atomic E-state index is 0.189. The Hall–Kier alpha value is -0.710. The maximum atomic E-state index is 12.1. The first-order valence-electron chi connectivity index (χ1n) is 6.45. The Labute approximate surface area is 114 Å². The molecule has 5 heteroatoms. The van der Waals surface area contributed by atoms with Gasteiger partial charge in [-0.05, 0) is 64.2 Å². The molecule has 0 saturated heterocycles. The average molecular weight is 279 g/mol. The van der Waals surface area contributed by atoms with E-state index < -0.39 is 6.08 Å². The number of nitrogens with zero attached hydrogens (tertiary/aromatic N) is 1. The largest absolute Gasteiger partial charge is 0.471 e. The monoisotopic (exact) mass is 279 g/mol. The molecule has 0 fully saturated rings. The molecule has 2 nitrogen and oxygen atoms in total. The van der Waals surface area contributed by atoms with Crippen LogP contribution < -0.4 is 0 Å². The lowest BCUT2D eigenvalue weighted by Gasteiger charge is -2.21. The van der Waals surface area contributed by atoms with Crippen molar-refractivity contribution in [3.63, 3.8) is 0 Å². The Kier molecular flexibility index (Phi) is 9.83. The first-order valence-corrected chi connectivity index (χ1v) is 6.86. The Bertz CT molecular complexity index is 274. The van der Waals surface area contributed by atoms with Crippen LogP contribution in [0.15, 0.2) is 11.7 Å². The molecule has 0 aromatic heterocycles. The first kappa shape index (κ1) is 17.3. The zero-order chi connectivity index (χ0) is 14.0. The zero-order valence-corrected chi connectivity index (χ0v) is 12.3. The predicted octanol–water partition coefficient (Wildman–Crippen LogP) is 4.36. The summed E-state index contributed by atoms with van der Waals surface area (Å²) in [7, 11) is 0. The van der Waals surface area contributed by atoms with E-state index in [2.05, 4.69) is 0 Å². The molecule has 106 valence electrons. The number of unbranched alkanes of at least 4 members (excludes halogenated alkanes) is 2. The Morgan fingerprint density at radius 1 is 1.11 bits per heavy atom. The first-order chi connectivity index (χ1) is 8.52. The second kappa shape index (κ2) is 10.2. The third-order valence-electron chi connectivity index (χ3n) is 2.77. The van der Waals surface area contributed by atoms with Gasteiger partial charge in [-0.1, -0.05) is 0 Å². The molecular formula is C13H23F2NOS. The molecule has 0 rings (SSSR count). The quantitative estimate of drug-likeness (QED) is 0.484. The summed E-state index contributed by atoms with van der Waals surface area (Å²) in [5, 5.41) is 0.533. The van der Waals surface area contributed by atoms with Gasteiger partial charge in [0.1, 0.15) is 0 Å². The number of halogens is 2. The molecule has 0 unspecified atom stereocenters. The van der Waals surface area contributed by atoms with Gasteiger partial charge in [-0.2, -0.15) is 8.78 Å². The van der Waals surface area contributed by atoms with Crippen LogP contribution in [0, 0.1) is 0 Å². The van der Waals surface area contributed by atoms with Crippen molar-refractivity contribution in [3.05, 3.63) is 11.7 Å². The minimum Gasteiger partial charge on any atom is -0.471 e. The lowest BCUT2D eigenvalue weighted by Crippen LogP contribution is -2.31. The fraction of sp³-hybridized carbons (Fsp3) is 0.769. The van der Waals surface area contributed by atoms with Gasteiger partial charge in [0.05, 0.1) is 6.61 Å². The van der Waals surface area contributed by atoms with Crippen molar-refractivity contribution in [3.8, 4) is 0 Å². The van der Waals surface area contributed by atoms with Crippen molar-refractivity contribution in [1.29, 1.82) is 0 Å². The SMILES string of the molecule is CCN(CC)C(=S)OCCCCCC(C)=C(F)F. The van der Waals surface area contributed by atoms with E-state index in [0.29, 0.717) is 18.2 Å². The van der Waals surface area contributed by atoms with Gasteiger partial charge in [0.25, 0.3) is 11.3 Å². The number of rotatable bonds is 8. The standard InChI is InChI=1S/C13H23F2NOS/c1-4-16(5-2)13(18)17-10-8-6-7-9-11(3)12(14)15/h4-10H2,1-3H3. The van der Waals surface area contributed by atoms with E-state index in [4.69, 9.17) is 17.0 Å². The van der Waals surface area contributed by atoms with Crippen LogP contribution in [0.2, 0.25) is 0 Å². The van der Waals surface area contributed by atoms with Crippen molar-refractivity contribution in [2.45, 2.75) is 46.5 Å². The van der Waals surface area contributed by atoms with Crippen LogP contribution in [0.3, 0.4) is 0 Å². The Morgan fingerprint density at radius 3 is 2.22 bits per heavy atom. The van der Waals surface area contributed by atoms with Gasteiger partial charge < -0.3 is 9.64 Å². The Balaban J connectivity index is 3.57. The normalized spacial score (nSPS) is 10.1. The number of hydrogen-bond donors (Lipinski definition) is 0. The molecule has 0 aliphatic rings. The van der Waals surface area contributed by atoms with Gasteiger partial charge in [0.15, 0.2) is 0 Å². The van der Waals surface area contributed by atoms with Gasteiger partial charge in [-0.25, -0.2) is 0 Å². The molecule has 0 radical (unpaired) electrons. The van der Waals surface area contributed by atoms with E-state index in [1.807, 2.05) is 18.7 Å². The van der Waals surface area contributed by atoms with Gasteiger partial charge in [0, 0.05) is 13.1 Å². The fourth-order valence-electron chi connectivity index (χ4n) is 1.50. The van der Waals surface area contributed by atoms with E-state index in [0.717, 1.165) is 32.4 Å². The summed E-state index contributed by atoms with van der Waals surface area (Å²) in [5.41, 5.74) is 0.189. The average Bonchev–Trinajstić information content (AvgIpc) is 2.34. The summed E-state index contributed by atoms with van der Waals surface area (Å²) in [6.07, 6.45) is 1.41. The molecule has 18 heavy (non-hydrogen) atoms. The van der Waals surface area contributed by atoms with Crippen molar-refractivity contribution in [2.24, 2.45) is 0 Å². The van der Waals surface area contributed by atoms with Crippen molar-refractivity contribution >= 4 is 17.4 Å². The molecule has 0 atom stereocenters. The van der Waals surface area contributed by atoms with E-state index in [9.17, 15) is 8.78 Å². The second-order valence-corrected chi connectivity index (χ2v) is 4.49. The topological polar surface area (TPSA) is 12.5 Å². The lowest BCUT2D eigenvalue weighted by atomic mass is 10.1. The highest BCUT2D eigenvalue weighted by Crippen LogP contribution is 2.14. The summed E-state index contributed by atoms with van der Waals surface area (Å²) in [6, 6.07) is 0. The number of thiocarbonyl (C=S) groups is 1. The van der Waals surface area contributed by atoms with Crippen LogP contribution in [0.1, 0.15) is 46.5 Å². The molecule has 0 bridgehead atoms. The highest BCUT2D eigenvalue weighted by Gasteiger charge is 2.05. The lowest BCUT2D eigenvalue weighted by molar-refractivity contribution is 0.242. The third kappa shape index (κ3) is 7.58. The molecular weight excluding hydrogens is 256 g/mol. The molecule has 0 N–H and O–H groups in total. The maximum Gasteiger partial charge on any atom is 0.269 e. The number of allylic oxidation sites excluding steroid dienone is 1. The maximum absolute atomic E-state index is 12.1. The highest BCUT2D eigenvalue weighted by atomic mass is 32.1. The van der Waals surface area contributed by atoms with Crippen molar-refractivity contribution in [2.75, 3.05) is 19.7 Å². The molecule has 0 saturated carbocycles. The van der Waals surface area contributed by atoms with Crippen LogP contribution >= 0.6 is 12.2 Å². The highest BCUT2D eigenvalue weighted by molar-refractivity contribution is 7.80. The summed E-state index contributed by atoms with van der Waals surface area (Å²) in [5.74, 6) is 0. The molecule has 0 aliphatic carbocycles. The predicted molar refractivity (Wildman–Crippen MR) is 74.9 cm³/mol. The molecule has 0 aromatic carbocycles. The summed E-state index contributed by atoms with van der Waals surface area (Å²) in [4.78, 5) is 1.97. The number of ether oxygens (including phenoxy) is 1. The summed E-state index contributed by atoms with van der Waals surface area (Å²) >= 11 is 5.12. The molecule has 0 heterocycles. The van der Waals surface area contributed by atoms with Gasteiger partial charge in [0.2, 0.25) is 0 Å². The van der Waals surface area contributed by atoms with Gasteiger partial charge in [-0.3, -0.25) is 0 Å². The van der Waals surface area contributed by atoms with Crippen molar-refractivity contribution in [1.82, 2.24) is 4.90 Å². The molecule has 0 spiro atoms. The fourth-order valence-corrected chi connectivity index (χ4v) is 1.84. The molecule has 0 aromatic rings. The molecule has 0 aliphatic heterocycles. The van der Waals surface area contributed by atoms with Crippen LogP contribution in [0.4, 0.5) is 8.78 Å². The molecule has 0 amide bonds. The second-order valence-electron chi connectivity index (χ2n) is 4.14. The van der Waals surface area contributed by atoms with E-state index in [1.165, 1.54) is 6.92 Å². The van der Waals surface area contributed by atoms with Gasteiger partial charge in [-0.15, -0.1) is 0 Å². The van der Waals surface area contributed by atoms with E-state index in [-0.39, 0.29) is 5.57 Å². The van der Waals surface area contributed by atoms with Crippen LogP contribution in [-0.2, 0) is 4.74 Å². The Morgan fingerprint density at radius 2 is 1.72 bits per heavy atom. The number of hydrogen-bond acceptors (Lipinski definition) is 2. The third-order valence-corrected chi connectivity index (χ3v) is 3.14. The summed E-state index contributed by atoms with van der Waals surface area (Å²) in [6.45, 7) is 7.78. The van der Waals surface area contributed by atoms with Crippen LogP contribution in [-0.4, -0.2) is 29.8 Å².